The molecule has 0 radical (unpaired) electrons. The predicted octanol–water partition coefficient (Wildman–Crippen LogP) is 5.53. The summed E-state index contributed by atoms with van der Waals surface area (Å²) in [5, 5.41) is 3.37. The molecule has 0 spiro atoms. The molecule has 0 amide bonds. The molecular weight excluding hydrogens is 579 g/mol. The van der Waals surface area contributed by atoms with Gasteiger partial charge in [0.2, 0.25) is 0 Å². The Labute approximate surface area is 241 Å². The molecule has 2 unspecified atom stereocenters. The van der Waals surface area contributed by atoms with Crippen molar-refractivity contribution in [3.05, 3.63) is 35.4 Å². The zero-order valence-electron chi connectivity index (χ0n) is 22.5. The first-order valence-electron chi connectivity index (χ1n) is 13.7. The van der Waals surface area contributed by atoms with Crippen LogP contribution in [-0.2, 0) is 10.9 Å². The van der Waals surface area contributed by atoms with Crippen molar-refractivity contribution in [1.29, 1.82) is 0 Å². The number of nitrogens with one attached hydrogen (secondary N) is 1. The van der Waals surface area contributed by atoms with E-state index >= 15 is 4.39 Å². The Hall–Kier alpha value is -3.36. The lowest BCUT2D eigenvalue weighted by Crippen LogP contribution is -2.51. The highest BCUT2D eigenvalue weighted by Crippen LogP contribution is 2.46. The zero-order valence-corrected chi connectivity index (χ0v) is 23.3. The number of aromatic nitrogens is 3. The van der Waals surface area contributed by atoms with E-state index in [4.69, 9.17) is 15.2 Å². The topological polar surface area (TPSA) is 98.4 Å². The van der Waals surface area contributed by atoms with Gasteiger partial charge in [0.1, 0.15) is 17.2 Å². The Kier molecular flexibility index (Phi) is 6.62. The van der Waals surface area contributed by atoms with E-state index in [2.05, 4.69) is 20.3 Å². The highest BCUT2D eigenvalue weighted by molar-refractivity contribution is 7.22. The first-order valence-corrected chi connectivity index (χ1v) is 14.5. The van der Waals surface area contributed by atoms with Gasteiger partial charge < -0.3 is 25.4 Å². The van der Waals surface area contributed by atoms with E-state index in [1.54, 1.807) is 7.11 Å². The van der Waals surface area contributed by atoms with Crippen LogP contribution in [-0.4, -0.2) is 59.9 Å². The van der Waals surface area contributed by atoms with Crippen LogP contribution in [0.3, 0.4) is 0 Å². The van der Waals surface area contributed by atoms with Gasteiger partial charge in [-0.25, -0.2) is 13.8 Å². The van der Waals surface area contributed by atoms with E-state index in [0.717, 1.165) is 55.2 Å². The largest absolute Gasteiger partial charge is 0.463 e. The molecule has 4 heterocycles. The van der Waals surface area contributed by atoms with Gasteiger partial charge in [0.05, 0.1) is 28.5 Å². The van der Waals surface area contributed by atoms with Gasteiger partial charge in [0.25, 0.3) is 0 Å². The molecule has 1 saturated carbocycles. The molecule has 2 aromatic heterocycles. The summed E-state index contributed by atoms with van der Waals surface area (Å²) in [5.74, 6) is -1.54. The summed E-state index contributed by atoms with van der Waals surface area (Å²) in [5.41, 5.74) is 3.07. The predicted molar refractivity (Wildman–Crippen MR) is 149 cm³/mol. The standard InChI is InChI=1S/C28H27F5N6O2S/c1-40-15-6-12(7-15)11-41-27-37-22-17(25(38-27)39-9-13-2-3-14(10-39)35-13)8-18(28(31,32)33)20(21(22)30)16-4-5-19(29)24-23(16)36-26(34)42-24/h4-5,8,12-15,35H,2-3,6-7,9-11H2,1H3,(H2,34,36). The molecular formula is C28H27F5N6O2S. The number of nitrogen functional groups attached to an aromatic ring is 1. The second-order valence-corrected chi connectivity index (χ2v) is 12.2. The number of fused-ring (bicyclic) bond motifs is 4. The van der Waals surface area contributed by atoms with E-state index in [1.807, 2.05) is 4.90 Å². The summed E-state index contributed by atoms with van der Waals surface area (Å²) >= 11 is 0.780. The van der Waals surface area contributed by atoms with Crippen LogP contribution in [0.4, 0.5) is 32.9 Å². The SMILES string of the molecule is COC1CC(COc2nc(N3CC4CCC(C3)N4)c3cc(C(F)(F)F)c(-c4ccc(F)c5sc(N)nc45)c(F)c3n2)C1. The van der Waals surface area contributed by atoms with Crippen LogP contribution in [0.25, 0.3) is 32.2 Å². The summed E-state index contributed by atoms with van der Waals surface area (Å²) in [6.07, 6.45) is -1.36. The van der Waals surface area contributed by atoms with Crippen LogP contribution < -0.4 is 20.7 Å². The number of nitrogens with two attached hydrogens (primary N) is 1. The molecule has 14 heteroatoms. The number of ether oxygens (including phenoxy) is 2. The van der Waals surface area contributed by atoms with Crippen molar-refractivity contribution >= 4 is 43.4 Å². The zero-order chi connectivity index (χ0) is 29.3. The summed E-state index contributed by atoms with van der Waals surface area (Å²) in [6, 6.07) is 3.14. The van der Waals surface area contributed by atoms with Crippen LogP contribution in [0.5, 0.6) is 6.01 Å². The van der Waals surface area contributed by atoms with Crippen molar-refractivity contribution < 1.29 is 31.4 Å². The first kappa shape index (κ1) is 27.5. The Morgan fingerprint density at radius 3 is 2.50 bits per heavy atom. The number of hydrogen-bond acceptors (Lipinski definition) is 9. The number of piperazine rings is 1. The van der Waals surface area contributed by atoms with Gasteiger partial charge in [-0.3, -0.25) is 0 Å². The second kappa shape index (κ2) is 10.1. The number of halogens is 5. The Balaban J connectivity index is 1.42. The maximum absolute atomic E-state index is 16.6. The summed E-state index contributed by atoms with van der Waals surface area (Å²) in [7, 11) is 1.64. The number of rotatable bonds is 6. The number of alkyl halides is 3. The fraction of sp³-hybridized carbons (Fsp3) is 0.464. The van der Waals surface area contributed by atoms with Gasteiger partial charge in [-0.2, -0.15) is 23.1 Å². The number of anilines is 2. The fourth-order valence-corrected chi connectivity index (χ4v) is 7.11. The molecule has 3 aliphatic rings. The van der Waals surface area contributed by atoms with Gasteiger partial charge in [-0.05, 0) is 49.8 Å². The highest BCUT2D eigenvalue weighted by atomic mass is 32.1. The molecule has 222 valence electrons. The average molecular weight is 607 g/mol. The molecule has 3 fully saturated rings. The van der Waals surface area contributed by atoms with Crippen molar-refractivity contribution in [3.63, 3.8) is 0 Å². The second-order valence-electron chi connectivity index (χ2n) is 11.2. The van der Waals surface area contributed by atoms with Gasteiger partial charge >= 0.3 is 12.2 Å². The van der Waals surface area contributed by atoms with E-state index in [-0.39, 0.29) is 74.4 Å². The van der Waals surface area contributed by atoms with Crippen molar-refractivity contribution in [2.75, 3.05) is 37.4 Å². The van der Waals surface area contributed by atoms with Crippen molar-refractivity contribution in [2.24, 2.45) is 5.92 Å². The molecule has 2 saturated heterocycles. The van der Waals surface area contributed by atoms with Crippen LogP contribution in [0.1, 0.15) is 31.2 Å². The molecule has 7 rings (SSSR count). The van der Waals surface area contributed by atoms with Crippen LogP contribution in [0, 0.1) is 17.6 Å². The van der Waals surface area contributed by atoms with Gasteiger partial charge in [0.15, 0.2) is 10.9 Å². The van der Waals surface area contributed by atoms with Crippen molar-refractivity contribution in [2.45, 2.75) is 50.0 Å². The van der Waals surface area contributed by atoms with Crippen LogP contribution >= 0.6 is 11.3 Å². The van der Waals surface area contributed by atoms with Gasteiger partial charge in [0, 0.05) is 48.8 Å². The lowest BCUT2D eigenvalue weighted by molar-refractivity contribution is -0.137. The minimum Gasteiger partial charge on any atom is -0.463 e. The highest BCUT2D eigenvalue weighted by Gasteiger charge is 2.40. The van der Waals surface area contributed by atoms with Crippen molar-refractivity contribution in [3.8, 4) is 17.1 Å². The number of benzene rings is 2. The number of methoxy groups -OCH3 is 1. The van der Waals surface area contributed by atoms with E-state index in [0.29, 0.717) is 13.1 Å². The van der Waals surface area contributed by atoms with Crippen molar-refractivity contribution in [1.82, 2.24) is 20.3 Å². The third-order valence-electron chi connectivity index (χ3n) is 8.47. The third-order valence-corrected chi connectivity index (χ3v) is 9.36. The molecule has 2 aliphatic heterocycles. The maximum Gasteiger partial charge on any atom is 0.417 e. The van der Waals surface area contributed by atoms with E-state index in [1.165, 1.54) is 0 Å². The minimum atomic E-state index is -4.95. The molecule has 3 N–H and O–H groups in total. The molecule has 4 aromatic rings. The average Bonchev–Trinajstić information content (AvgIpc) is 3.49. The quantitative estimate of drug-likeness (QED) is 0.277. The summed E-state index contributed by atoms with van der Waals surface area (Å²) < 4.78 is 86.3. The van der Waals surface area contributed by atoms with Crippen LogP contribution in [0.15, 0.2) is 18.2 Å². The number of hydrogen-bond donors (Lipinski definition) is 2. The van der Waals surface area contributed by atoms with E-state index < -0.39 is 28.9 Å². The molecule has 2 aromatic carbocycles. The normalized spacial score (nSPS) is 24.0. The van der Waals surface area contributed by atoms with Gasteiger partial charge in [-0.1, -0.05) is 11.3 Å². The molecule has 2 atom stereocenters. The molecule has 2 bridgehead atoms. The molecule has 1 aliphatic carbocycles. The number of nitrogens with zero attached hydrogens (tertiary/aromatic N) is 4. The van der Waals surface area contributed by atoms with Crippen LogP contribution in [0.2, 0.25) is 0 Å². The smallest absolute Gasteiger partial charge is 0.417 e. The Bertz CT molecular complexity index is 1680. The lowest BCUT2D eigenvalue weighted by Gasteiger charge is -2.35. The summed E-state index contributed by atoms with van der Waals surface area (Å²) in [6.45, 7) is 1.27. The lowest BCUT2D eigenvalue weighted by atomic mass is 9.83. The Morgan fingerprint density at radius 1 is 1.07 bits per heavy atom. The van der Waals surface area contributed by atoms with E-state index in [9.17, 15) is 17.6 Å². The fourth-order valence-electron chi connectivity index (χ4n) is 6.34. The molecule has 42 heavy (non-hydrogen) atoms. The minimum absolute atomic E-state index is 0.0496. The maximum atomic E-state index is 16.6. The molecule has 8 nitrogen and oxygen atoms in total. The monoisotopic (exact) mass is 606 g/mol. The third kappa shape index (κ3) is 4.69. The Morgan fingerprint density at radius 2 is 1.81 bits per heavy atom. The van der Waals surface area contributed by atoms with Gasteiger partial charge in [-0.15, -0.1) is 0 Å². The number of thiazole rings is 1. The summed E-state index contributed by atoms with van der Waals surface area (Å²) in [4.78, 5) is 14.8. The first-order chi connectivity index (χ1) is 20.1.